The van der Waals surface area contributed by atoms with E-state index in [9.17, 15) is 50.4 Å². The first-order chi connectivity index (χ1) is 57.3. The van der Waals surface area contributed by atoms with Gasteiger partial charge in [-0.2, -0.15) is 80.2 Å². The average Bonchev–Trinajstić information content (AvgIpc) is 1.69. The summed E-state index contributed by atoms with van der Waals surface area (Å²) in [5, 5.41) is 70.2. The topological polar surface area (TPSA) is 495 Å². The van der Waals surface area contributed by atoms with Crippen molar-refractivity contribution < 1.29 is 50.4 Å². The first kappa shape index (κ1) is 82.6. The van der Waals surface area contributed by atoms with Crippen molar-refractivity contribution in [3.63, 3.8) is 0 Å². The zero-order valence-corrected chi connectivity index (χ0v) is 63.8. The van der Waals surface area contributed by atoms with Crippen molar-refractivity contribution in [1.82, 2.24) is 101 Å². The minimum atomic E-state index is -1.26. The van der Waals surface area contributed by atoms with Crippen LogP contribution in [0.4, 0.5) is 130 Å². The Hall–Kier alpha value is -14.4. The molecule has 8 unspecified atom stereocenters. The lowest BCUT2D eigenvalue weighted by Gasteiger charge is -2.25. The number of anilines is 16. The van der Waals surface area contributed by atoms with E-state index in [1.807, 2.05) is 81.2 Å². The maximum atomic E-state index is 14.4. The van der Waals surface area contributed by atoms with Crippen LogP contribution in [0.3, 0.4) is 0 Å². The SMILES string of the molecule is C/C=C/c1cc(Nc2nc(N)nc(N3CC(F)CC3c3cc(F)ccc3F)n2)n[nH]1.C/C=C/c1cc(Nc2nc(N)nc(N3CC(O)CC3c3cc(F)ccc3F)n2)n[nH]1.C/C=C/c1cc(Nc2nc(N)nc(N3CC(O)CC3c3ccc(F)cc3)n2)n[nH]1.C/C=C/c1cc(Nc2nc(N)nc(N3CC(O)CC3c3ccc(F)cc3F)n2)n[nH]1. The molecule has 4 aliphatic heterocycles. The number of allylic oxidation sites excluding steroid dienone is 4. The molecule has 0 amide bonds. The van der Waals surface area contributed by atoms with Crippen LogP contribution in [-0.4, -0.2) is 167 Å². The highest BCUT2D eigenvalue weighted by Gasteiger charge is 2.40. The number of nitrogens with two attached hydrogens (primary N) is 4. The number of rotatable bonds is 20. The van der Waals surface area contributed by atoms with Gasteiger partial charge < -0.3 is 79.1 Å². The van der Waals surface area contributed by atoms with Gasteiger partial charge in [-0.05, 0) is 131 Å². The highest BCUT2D eigenvalue weighted by molar-refractivity contribution is 5.62. The number of aromatic amines is 4. The van der Waals surface area contributed by atoms with Gasteiger partial charge >= 0.3 is 0 Å². The van der Waals surface area contributed by atoms with Crippen LogP contribution in [0.15, 0.2) is 127 Å². The zero-order valence-electron chi connectivity index (χ0n) is 63.8. The van der Waals surface area contributed by atoms with Gasteiger partial charge in [0.05, 0.1) is 71.8 Å². The number of halogens is 8. The molecule has 119 heavy (non-hydrogen) atoms. The smallest absolute Gasteiger partial charge is 0.235 e. The fourth-order valence-corrected chi connectivity index (χ4v) is 13.7. The summed E-state index contributed by atoms with van der Waals surface area (Å²) in [6.45, 7) is 8.10. The summed E-state index contributed by atoms with van der Waals surface area (Å²) in [6, 6.07) is 20.7. The lowest BCUT2D eigenvalue weighted by molar-refractivity contribution is 0.193. The molecular formula is C76H80F8N32O3. The molecule has 8 atom stereocenters. The van der Waals surface area contributed by atoms with E-state index in [0.717, 1.165) is 70.8 Å². The van der Waals surface area contributed by atoms with Crippen LogP contribution in [0.1, 0.15) is 123 Å². The Labute approximate surface area is 672 Å². The van der Waals surface area contributed by atoms with Crippen molar-refractivity contribution in [3.05, 3.63) is 213 Å². The number of hydrogen-bond acceptors (Lipinski definition) is 31. The second-order valence-corrected chi connectivity index (χ2v) is 27.3. The van der Waals surface area contributed by atoms with Gasteiger partial charge in [0.25, 0.3) is 0 Å². The molecule has 4 aliphatic rings. The second-order valence-electron chi connectivity index (χ2n) is 27.3. The van der Waals surface area contributed by atoms with Gasteiger partial charge in [0.1, 0.15) is 46.9 Å². The zero-order chi connectivity index (χ0) is 84.1. The number of aliphatic hydroxyl groups excluding tert-OH is 3. The van der Waals surface area contributed by atoms with E-state index in [4.69, 9.17) is 22.9 Å². The molecule has 0 saturated carbocycles. The van der Waals surface area contributed by atoms with E-state index in [2.05, 4.69) is 122 Å². The molecule has 19 N–H and O–H groups in total. The molecule has 4 aromatic carbocycles. The maximum Gasteiger partial charge on any atom is 0.235 e. The molecule has 0 bridgehead atoms. The third-order valence-corrected chi connectivity index (χ3v) is 18.6. The summed E-state index contributed by atoms with van der Waals surface area (Å²) in [7, 11) is 0. The normalized spacial score (nSPS) is 19.1. The van der Waals surface area contributed by atoms with Crippen LogP contribution < -0.4 is 63.8 Å². The summed E-state index contributed by atoms with van der Waals surface area (Å²) in [4.78, 5) is 56.8. The molecule has 0 aliphatic carbocycles. The molecule has 16 rings (SSSR count). The summed E-state index contributed by atoms with van der Waals surface area (Å²) >= 11 is 0. The van der Waals surface area contributed by atoms with Crippen molar-refractivity contribution in [1.29, 1.82) is 0 Å². The number of nitrogens with zero attached hydrogens (tertiary/aromatic N) is 20. The molecule has 4 saturated heterocycles. The number of alkyl halides is 1. The number of benzene rings is 4. The van der Waals surface area contributed by atoms with Gasteiger partial charge in [0, 0.05) is 73.1 Å². The van der Waals surface area contributed by atoms with E-state index in [1.54, 1.807) is 46.2 Å². The molecule has 618 valence electrons. The number of β-amino-alcohol motifs (C(OH)–C–C–N with tert-alkyl or cyclic N) is 3. The van der Waals surface area contributed by atoms with Crippen molar-refractivity contribution in [2.75, 3.05) is 90.0 Å². The predicted octanol–water partition coefficient (Wildman–Crippen LogP) is 11.0. The quantitative estimate of drug-likeness (QED) is 0.0315. The molecule has 8 aromatic heterocycles. The van der Waals surface area contributed by atoms with Gasteiger partial charge in [0.15, 0.2) is 23.3 Å². The standard InChI is InChI=1S/C19H19F3N8.2C19H20F2N8O.C19H21FN8O/c1-2-3-12-8-16(29-28-12)24-18-25-17(23)26-19(27-18)30-9-11(21)7-15(30)13-6-10(20)4-5-14(13)22;1-2-3-11-7-16(28-27-11)23-18-24-17(22)25-19(26-18)29-9-12(30)8-15(29)13-6-10(20)4-5-14(13)21;1-2-3-11-7-16(28-27-11)23-18-24-17(22)25-19(26-18)29-9-12(30)8-15(29)13-5-4-10(20)6-14(13)21;1-2-3-13-8-16(27-26-13)22-18-23-17(21)24-19(25-18)28-10-14(29)9-15(28)11-4-6-12(20)7-5-11/h2-6,8,11,15H,7,9H2,1H3,(H4,23,24,25,26,27,28,29);2*2-7,12,15,30H,8-9H2,1H3,(H4,22,23,24,25,26,27,28);2-8,14-15,29H,9-10H2,1H3,(H4,21,22,23,24,25,26,27)/b4*3-2+. The van der Waals surface area contributed by atoms with Crippen LogP contribution in [-0.2, 0) is 0 Å². The Morgan fingerprint density at radius 3 is 1.00 bits per heavy atom. The number of aromatic nitrogens is 20. The third kappa shape index (κ3) is 20.8. The van der Waals surface area contributed by atoms with Crippen LogP contribution in [0, 0.1) is 40.7 Å². The Morgan fingerprint density at radius 2 is 0.647 bits per heavy atom. The highest BCUT2D eigenvalue weighted by Crippen LogP contribution is 2.42. The highest BCUT2D eigenvalue weighted by atomic mass is 19.2. The van der Waals surface area contributed by atoms with Crippen molar-refractivity contribution in [2.45, 2.75) is 102 Å². The predicted molar refractivity (Wildman–Crippen MR) is 430 cm³/mol. The summed E-state index contributed by atoms with van der Waals surface area (Å²) in [5.41, 5.74) is 27.8. The molecule has 12 heterocycles. The Kier molecular flexibility index (Phi) is 25.7. The van der Waals surface area contributed by atoms with Crippen LogP contribution >= 0.6 is 0 Å². The van der Waals surface area contributed by atoms with E-state index in [-0.39, 0.29) is 133 Å². The van der Waals surface area contributed by atoms with Crippen molar-refractivity contribution >= 4 is 119 Å². The monoisotopic (exact) mass is 1640 g/mol. The number of nitrogens with one attached hydrogen (secondary N) is 8. The first-order valence-electron chi connectivity index (χ1n) is 37.0. The van der Waals surface area contributed by atoms with E-state index < -0.39 is 77.5 Å². The number of aliphatic hydroxyl groups is 3. The molecule has 4 fully saturated rings. The lowest BCUT2D eigenvalue weighted by atomic mass is 10.0. The van der Waals surface area contributed by atoms with Gasteiger partial charge in [-0.1, -0.05) is 42.5 Å². The van der Waals surface area contributed by atoms with E-state index >= 15 is 0 Å². The maximum absolute atomic E-state index is 14.4. The number of nitrogen functional groups attached to an aromatic ring is 4. The molecule has 43 heteroatoms. The van der Waals surface area contributed by atoms with Crippen LogP contribution in [0.5, 0.6) is 0 Å². The Morgan fingerprint density at radius 1 is 0.345 bits per heavy atom. The molecule has 0 radical (unpaired) electrons. The minimum Gasteiger partial charge on any atom is -0.391 e. The first-order valence-corrected chi connectivity index (χ1v) is 37.0. The van der Waals surface area contributed by atoms with Gasteiger partial charge in [-0.15, -0.1) is 0 Å². The minimum absolute atomic E-state index is 0.0270. The van der Waals surface area contributed by atoms with Crippen molar-refractivity contribution in [3.8, 4) is 0 Å². The Bertz CT molecular complexity index is 5460. The van der Waals surface area contributed by atoms with Gasteiger partial charge in [-0.3, -0.25) is 20.4 Å². The Balaban J connectivity index is 0.000000137. The van der Waals surface area contributed by atoms with E-state index in [1.165, 1.54) is 29.2 Å². The van der Waals surface area contributed by atoms with E-state index in [0.29, 0.717) is 42.2 Å². The summed E-state index contributed by atoms with van der Waals surface area (Å²) in [5.74, 6) is -1.02. The third-order valence-electron chi connectivity index (χ3n) is 18.6. The molecule has 12 aromatic rings. The van der Waals surface area contributed by atoms with Gasteiger partial charge in [-0.25, -0.2) is 35.1 Å². The number of H-pyrrole nitrogens is 4. The summed E-state index contributed by atoms with van der Waals surface area (Å²) in [6.07, 6.45) is 12.4. The van der Waals surface area contributed by atoms with Gasteiger partial charge in [0.2, 0.25) is 71.4 Å². The lowest BCUT2D eigenvalue weighted by Crippen LogP contribution is -2.27. The van der Waals surface area contributed by atoms with Crippen LogP contribution in [0.25, 0.3) is 24.3 Å². The summed E-state index contributed by atoms with van der Waals surface area (Å²) < 4.78 is 111. The molecule has 35 nitrogen and oxygen atoms in total. The number of hydrogen-bond donors (Lipinski definition) is 15. The molecule has 0 spiro atoms. The second kappa shape index (κ2) is 37.1. The average molecular weight is 1640 g/mol. The van der Waals surface area contributed by atoms with Crippen molar-refractivity contribution in [2.24, 2.45) is 0 Å². The molecular weight excluding hydrogens is 1560 g/mol. The largest absolute Gasteiger partial charge is 0.391 e. The van der Waals surface area contributed by atoms with Crippen LogP contribution in [0.2, 0.25) is 0 Å². The fourth-order valence-electron chi connectivity index (χ4n) is 13.7. The fraction of sp³-hybridized carbons (Fsp3) is 0.263.